The number of hydrogen-bond acceptors (Lipinski definition) is 6. The van der Waals surface area contributed by atoms with E-state index >= 15 is 0 Å². The molecule has 0 bridgehead atoms. The monoisotopic (exact) mass is 682 g/mol. The Labute approximate surface area is 286 Å². The first kappa shape index (κ1) is 45.0. The summed E-state index contributed by atoms with van der Waals surface area (Å²) in [6.07, 6.45) is 40.0. The molecule has 272 valence electrons. The van der Waals surface area contributed by atoms with Crippen LogP contribution in [-0.2, 0) is 28.2 Å². The zero-order chi connectivity index (χ0) is 34.7. The van der Waals surface area contributed by atoms with Crippen LogP contribution in [0.2, 0.25) is 0 Å². The Morgan fingerprint density at radius 1 is 0.553 bits per heavy atom. The Morgan fingerprint density at radius 3 is 1.49 bits per heavy atom. The molecule has 0 rings (SSSR count). The molecule has 0 aliphatic carbocycles. The lowest BCUT2D eigenvalue weighted by atomic mass is 10.1. The third kappa shape index (κ3) is 36.7. The van der Waals surface area contributed by atoms with E-state index in [-0.39, 0.29) is 19.4 Å². The molecule has 0 fully saturated rings. The highest BCUT2D eigenvalue weighted by Crippen LogP contribution is 2.36. The summed E-state index contributed by atoms with van der Waals surface area (Å²) >= 11 is 0. The van der Waals surface area contributed by atoms with E-state index in [1.54, 1.807) is 0 Å². The fourth-order valence-electron chi connectivity index (χ4n) is 4.83. The summed E-state index contributed by atoms with van der Waals surface area (Å²) in [4.78, 5) is 42.4. The number of allylic oxidation sites excluding steroid dienone is 8. The molecular formula is C38H67O8P. The second kappa shape index (κ2) is 33.9. The largest absolute Gasteiger partial charge is 0.469 e. The number of hydrogen-bond donors (Lipinski definition) is 2. The molecule has 0 radical (unpaired) electrons. The molecule has 2 N–H and O–H groups in total. The molecule has 8 nitrogen and oxygen atoms in total. The minimum atomic E-state index is -4.75. The van der Waals surface area contributed by atoms with Gasteiger partial charge >= 0.3 is 19.8 Å². The highest BCUT2D eigenvalue weighted by Gasteiger charge is 2.22. The molecule has 0 aromatic heterocycles. The number of unbranched alkanes of at least 4 members (excludes halogenated alkanes) is 15. The van der Waals surface area contributed by atoms with Crippen molar-refractivity contribution in [3.63, 3.8) is 0 Å². The van der Waals surface area contributed by atoms with Gasteiger partial charge in [-0.15, -0.1) is 0 Å². The van der Waals surface area contributed by atoms with Crippen molar-refractivity contribution in [3.8, 4) is 0 Å². The van der Waals surface area contributed by atoms with Gasteiger partial charge in [0, 0.05) is 12.8 Å². The standard InChI is InChI=1S/C38H67O8P/c1-3-5-7-9-11-13-14-15-16-17-18-19-20-21-22-23-24-25-27-28-30-32-37(39)44-34-36(35-45-47(41,42)43)46-38(40)33-31-29-26-12-10-8-6-4-2/h16-17,19-20,22-23,25,27,36H,3-15,18,21,24,26,28-35H2,1-2H3,(H2,41,42,43)/b17-16+,20-19+,23-22+,27-25+/t36-/m1/s1. The zero-order valence-electron chi connectivity index (χ0n) is 29.7. The number of carbonyl (C=O) groups is 2. The highest BCUT2D eigenvalue weighted by atomic mass is 31.2. The molecular weight excluding hydrogens is 615 g/mol. The van der Waals surface area contributed by atoms with E-state index < -0.39 is 32.5 Å². The molecule has 0 spiro atoms. The average molecular weight is 683 g/mol. The van der Waals surface area contributed by atoms with Gasteiger partial charge in [0.1, 0.15) is 6.61 Å². The van der Waals surface area contributed by atoms with Crippen LogP contribution in [0.5, 0.6) is 0 Å². The van der Waals surface area contributed by atoms with E-state index in [1.165, 1.54) is 77.0 Å². The van der Waals surface area contributed by atoms with Crippen molar-refractivity contribution in [1.29, 1.82) is 0 Å². The summed E-state index contributed by atoms with van der Waals surface area (Å²) in [6, 6.07) is 0. The first-order valence-corrected chi connectivity index (χ1v) is 20.0. The molecule has 0 aliphatic rings. The van der Waals surface area contributed by atoms with Crippen molar-refractivity contribution in [3.05, 3.63) is 48.6 Å². The Balaban J connectivity index is 4.02. The third-order valence-corrected chi connectivity index (χ3v) is 8.09. The van der Waals surface area contributed by atoms with Crippen LogP contribution < -0.4 is 0 Å². The number of esters is 2. The number of ether oxygens (including phenoxy) is 2. The molecule has 0 unspecified atom stereocenters. The Kier molecular flexibility index (Phi) is 32.5. The molecule has 0 amide bonds. The molecule has 47 heavy (non-hydrogen) atoms. The summed E-state index contributed by atoms with van der Waals surface area (Å²) in [5.41, 5.74) is 0. The van der Waals surface area contributed by atoms with Gasteiger partial charge in [-0.2, -0.15) is 0 Å². The Hall–Kier alpha value is -1.99. The van der Waals surface area contributed by atoms with Crippen LogP contribution >= 0.6 is 7.82 Å². The van der Waals surface area contributed by atoms with E-state index in [0.717, 1.165) is 44.9 Å². The van der Waals surface area contributed by atoms with Gasteiger partial charge in [0.15, 0.2) is 6.10 Å². The van der Waals surface area contributed by atoms with Crippen LogP contribution in [-0.4, -0.2) is 41.0 Å². The maximum absolute atomic E-state index is 12.2. The number of rotatable bonds is 33. The van der Waals surface area contributed by atoms with Crippen molar-refractivity contribution in [1.82, 2.24) is 0 Å². The second-order valence-electron chi connectivity index (χ2n) is 12.2. The third-order valence-electron chi connectivity index (χ3n) is 7.60. The van der Waals surface area contributed by atoms with Crippen LogP contribution in [0, 0.1) is 0 Å². The van der Waals surface area contributed by atoms with Crippen molar-refractivity contribution < 1.29 is 37.9 Å². The van der Waals surface area contributed by atoms with E-state index in [4.69, 9.17) is 19.3 Å². The summed E-state index contributed by atoms with van der Waals surface area (Å²) in [5, 5.41) is 0. The minimum absolute atomic E-state index is 0.191. The van der Waals surface area contributed by atoms with E-state index in [0.29, 0.717) is 12.8 Å². The summed E-state index contributed by atoms with van der Waals surface area (Å²) in [5.74, 6) is -0.957. The van der Waals surface area contributed by atoms with Crippen LogP contribution in [0.3, 0.4) is 0 Å². The molecule has 0 aromatic rings. The van der Waals surface area contributed by atoms with Gasteiger partial charge < -0.3 is 19.3 Å². The lowest BCUT2D eigenvalue weighted by molar-refractivity contribution is -0.161. The van der Waals surface area contributed by atoms with Crippen molar-refractivity contribution >= 4 is 19.8 Å². The van der Waals surface area contributed by atoms with Gasteiger partial charge in [-0.3, -0.25) is 14.1 Å². The zero-order valence-corrected chi connectivity index (χ0v) is 30.6. The molecule has 0 saturated heterocycles. The van der Waals surface area contributed by atoms with Gasteiger partial charge in [-0.25, -0.2) is 4.57 Å². The van der Waals surface area contributed by atoms with Crippen molar-refractivity contribution in [2.75, 3.05) is 13.2 Å². The van der Waals surface area contributed by atoms with Crippen LogP contribution in [0.15, 0.2) is 48.6 Å². The maximum atomic E-state index is 12.2. The van der Waals surface area contributed by atoms with Crippen LogP contribution in [0.25, 0.3) is 0 Å². The van der Waals surface area contributed by atoms with Gasteiger partial charge in [-0.05, 0) is 51.4 Å². The molecule has 0 saturated carbocycles. The van der Waals surface area contributed by atoms with Gasteiger partial charge in [0.2, 0.25) is 0 Å². The number of phosphoric ester groups is 1. The molecule has 1 atom stereocenters. The second-order valence-corrected chi connectivity index (χ2v) is 13.4. The predicted molar refractivity (Wildman–Crippen MR) is 193 cm³/mol. The van der Waals surface area contributed by atoms with E-state index in [2.05, 4.69) is 60.9 Å². The van der Waals surface area contributed by atoms with Crippen LogP contribution in [0.4, 0.5) is 0 Å². The first-order valence-electron chi connectivity index (χ1n) is 18.4. The molecule has 9 heteroatoms. The minimum Gasteiger partial charge on any atom is -0.462 e. The lowest BCUT2D eigenvalue weighted by Gasteiger charge is -2.18. The fraction of sp³-hybridized carbons (Fsp3) is 0.737. The SMILES string of the molecule is CCCCCCCCC/C=C/C/C=C/C/C=C/C/C=C/CCCC(=O)OC[C@H](COP(=O)(O)O)OC(=O)CCCCCCCCCC. The van der Waals surface area contributed by atoms with Gasteiger partial charge in [0.05, 0.1) is 6.61 Å². The van der Waals surface area contributed by atoms with Crippen LogP contribution in [0.1, 0.15) is 162 Å². The molecule has 0 aliphatic heterocycles. The average Bonchev–Trinajstić information content (AvgIpc) is 3.04. The smallest absolute Gasteiger partial charge is 0.462 e. The number of carbonyl (C=O) groups excluding carboxylic acids is 2. The quantitative estimate of drug-likeness (QED) is 0.0304. The van der Waals surface area contributed by atoms with Crippen molar-refractivity contribution in [2.24, 2.45) is 0 Å². The summed E-state index contributed by atoms with van der Waals surface area (Å²) < 4.78 is 26.1. The topological polar surface area (TPSA) is 119 Å². The molecule has 0 aromatic carbocycles. The predicted octanol–water partition coefficient (Wildman–Crippen LogP) is 10.8. The van der Waals surface area contributed by atoms with E-state index in [9.17, 15) is 14.2 Å². The first-order chi connectivity index (χ1) is 22.8. The van der Waals surface area contributed by atoms with Gasteiger partial charge in [-0.1, -0.05) is 146 Å². The summed E-state index contributed by atoms with van der Waals surface area (Å²) in [6.45, 7) is 3.57. The highest BCUT2D eigenvalue weighted by molar-refractivity contribution is 7.46. The maximum Gasteiger partial charge on any atom is 0.469 e. The fourth-order valence-corrected chi connectivity index (χ4v) is 5.20. The molecule has 0 heterocycles. The van der Waals surface area contributed by atoms with E-state index in [1.807, 2.05) is 6.08 Å². The lowest BCUT2D eigenvalue weighted by Crippen LogP contribution is -2.29. The Morgan fingerprint density at radius 2 is 0.979 bits per heavy atom. The Bertz CT molecular complexity index is 905. The van der Waals surface area contributed by atoms with Gasteiger partial charge in [0.25, 0.3) is 0 Å². The number of phosphoric acid groups is 1. The normalized spacial score (nSPS) is 13.0. The summed E-state index contributed by atoms with van der Waals surface area (Å²) in [7, 11) is -4.75. The van der Waals surface area contributed by atoms with Crippen molar-refractivity contribution in [2.45, 2.75) is 168 Å².